The number of rotatable bonds is 4. The van der Waals surface area contributed by atoms with E-state index in [1.54, 1.807) is 12.1 Å². The maximum Gasteiger partial charge on any atom is 0.270 e. The lowest BCUT2D eigenvalue weighted by atomic mass is 10.0. The second-order valence-electron chi connectivity index (χ2n) is 6.36. The molecule has 4 nitrogen and oxygen atoms in total. The Hall–Kier alpha value is -3.40. The molecule has 1 aromatic heterocycles. The van der Waals surface area contributed by atoms with Gasteiger partial charge in [0.25, 0.3) is 5.69 Å². The number of nitrogens with zero attached hydrogens (tertiary/aromatic N) is 2. The summed E-state index contributed by atoms with van der Waals surface area (Å²) in [4.78, 5) is 10.9. The molecule has 3 aromatic carbocycles. The average molecular weight is 342 g/mol. The van der Waals surface area contributed by atoms with Crippen LogP contribution in [0.4, 0.5) is 5.69 Å². The number of fused-ring (bicyclic) bond motifs is 1. The highest BCUT2D eigenvalue weighted by Gasteiger charge is 2.18. The Morgan fingerprint density at radius 1 is 0.923 bits per heavy atom. The van der Waals surface area contributed by atoms with Crippen LogP contribution in [0.25, 0.3) is 22.0 Å². The molecule has 0 saturated heterocycles. The molecule has 4 aromatic rings. The predicted octanol–water partition coefficient (Wildman–Crippen LogP) is 5.57. The largest absolute Gasteiger partial charge is 0.340 e. The van der Waals surface area contributed by atoms with Crippen LogP contribution in [0.2, 0.25) is 0 Å². The summed E-state index contributed by atoms with van der Waals surface area (Å²) in [6, 6.07) is 25.4. The Kier molecular flexibility index (Phi) is 4.01. The fourth-order valence-electron chi connectivity index (χ4n) is 3.52. The van der Waals surface area contributed by atoms with Gasteiger partial charge in [-0.1, -0.05) is 60.7 Å². The zero-order valence-corrected chi connectivity index (χ0v) is 14.4. The van der Waals surface area contributed by atoms with Crippen LogP contribution in [-0.4, -0.2) is 9.49 Å². The molecule has 0 saturated carbocycles. The highest BCUT2D eigenvalue weighted by Crippen LogP contribution is 2.36. The molecule has 0 amide bonds. The number of hydrogen-bond acceptors (Lipinski definition) is 2. The maximum atomic E-state index is 11.3. The predicted molar refractivity (Wildman–Crippen MR) is 104 cm³/mol. The summed E-state index contributed by atoms with van der Waals surface area (Å²) in [6.45, 7) is 2.81. The van der Waals surface area contributed by atoms with Crippen LogP contribution in [0.1, 0.15) is 11.3 Å². The molecular formula is C22H18N2O2. The van der Waals surface area contributed by atoms with E-state index in [0.29, 0.717) is 0 Å². The van der Waals surface area contributed by atoms with E-state index in [1.807, 2.05) is 54.6 Å². The first kappa shape index (κ1) is 16.1. The molecule has 128 valence electrons. The molecule has 0 N–H and O–H groups in total. The molecule has 0 bridgehead atoms. The monoisotopic (exact) mass is 342 g/mol. The maximum absolute atomic E-state index is 11.3. The molecule has 0 aliphatic carbocycles. The third-order valence-corrected chi connectivity index (χ3v) is 4.76. The Labute approximate surface area is 151 Å². The number of non-ortho nitro benzene ring substituents is 1. The molecule has 0 spiro atoms. The van der Waals surface area contributed by atoms with Crippen molar-refractivity contribution in [2.24, 2.45) is 0 Å². The SMILES string of the molecule is Cc1c(-c2ccccc2)c2cc([N+](=O)[O-])ccc2n1Cc1ccccc1. The van der Waals surface area contributed by atoms with Crippen LogP contribution in [-0.2, 0) is 6.54 Å². The van der Waals surface area contributed by atoms with Gasteiger partial charge >= 0.3 is 0 Å². The molecule has 1 heterocycles. The summed E-state index contributed by atoms with van der Waals surface area (Å²) in [7, 11) is 0. The lowest BCUT2D eigenvalue weighted by Gasteiger charge is -2.09. The van der Waals surface area contributed by atoms with Crippen molar-refractivity contribution in [3.63, 3.8) is 0 Å². The first-order chi connectivity index (χ1) is 12.6. The second-order valence-corrected chi connectivity index (χ2v) is 6.36. The molecule has 26 heavy (non-hydrogen) atoms. The lowest BCUT2D eigenvalue weighted by molar-refractivity contribution is -0.384. The van der Waals surface area contributed by atoms with Gasteiger partial charge in [-0.15, -0.1) is 0 Å². The van der Waals surface area contributed by atoms with Gasteiger partial charge in [0.05, 0.1) is 4.92 Å². The van der Waals surface area contributed by atoms with E-state index in [-0.39, 0.29) is 10.6 Å². The molecule has 4 heteroatoms. The minimum absolute atomic E-state index is 0.117. The zero-order chi connectivity index (χ0) is 18.1. The van der Waals surface area contributed by atoms with Crippen LogP contribution in [0.5, 0.6) is 0 Å². The van der Waals surface area contributed by atoms with Crippen molar-refractivity contribution in [2.45, 2.75) is 13.5 Å². The van der Waals surface area contributed by atoms with E-state index in [4.69, 9.17) is 0 Å². The standard InChI is InChI=1S/C22H18N2O2/c1-16-22(18-10-6-3-7-11-18)20-14-19(24(25)26)12-13-21(20)23(16)15-17-8-4-2-5-9-17/h2-14H,15H2,1H3. The zero-order valence-electron chi connectivity index (χ0n) is 14.4. The van der Waals surface area contributed by atoms with Crippen LogP contribution >= 0.6 is 0 Å². The Balaban J connectivity index is 1.98. The normalized spacial score (nSPS) is 11.0. The highest BCUT2D eigenvalue weighted by molar-refractivity contribution is 5.99. The van der Waals surface area contributed by atoms with Crippen molar-refractivity contribution >= 4 is 16.6 Å². The lowest BCUT2D eigenvalue weighted by Crippen LogP contribution is -2.01. The van der Waals surface area contributed by atoms with Gasteiger partial charge in [0.2, 0.25) is 0 Å². The first-order valence-electron chi connectivity index (χ1n) is 8.52. The van der Waals surface area contributed by atoms with Gasteiger partial charge in [-0.2, -0.15) is 0 Å². The molecular weight excluding hydrogens is 324 g/mol. The van der Waals surface area contributed by atoms with Crippen LogP contribution < -0.4 is 0 Å². The molecule has 4 rings (SSSR count). The van der Waals surface area contributed by atoms with Gasteiger partial charge in [-0.25, -0.2) is 0 Å². The number of aromatic nitrogens is 1. The highest BCUT2D eigenvalue weighted by atomic mass is 16.6. The Morgan fingerprint density at radius 3 is 2.23 bits per heavy atom. The summed E-state index contributed by atoms with van der Waals surface area (Å²) in [6.07, 6.45) is 0. The average Bonchev–Trinajstić information content (AvgIpc) is 2.94. The summed E-state index contributed by atoms with van der Waals surface area (Å²) < 4.78 is 2.23. The van der Waals surface area contributed by atoms with Gasteiger partial charge < -0.3 is 4.57 Å². The van der Waals surface area contributed by atoms with E-state index in [9.17, 15) is 10.1 Å². The van der Waals surface area contributed by atoms with Crippen molar-refractivity contribution in [3.05, 3.63) is 100 Å². The molecule has 0 aliphatic heterocycles. The summed E-state index contributed by atoms with van der Waals surface area (Å²) >= 11 is 0. The van der Waals surface area contributed by atoms with Crippen molar-refractivity contribution in [1.82, 2.24) is 4.57 Å². The van der Waals surface area contributed by atoms with E-state index < -0.39 is 0 Å². The first-order valence-corrected chi connectivity index (χ1v) is 8.52. The third kappa shape index (κ3) is 2.75. The third-order valence-electron chi connectivity index (χ3n) is 4.76. The van der Waals surface area contributed by atoms with Crippen LogP contribution in [0.3, 0.4) is 0 Å². The van der Waals surface area contributed by atoms with Crippen molar-refractivity contribution in [3.8, 4) is 11.1 Å². The van der Waals surface area contributed by atoms with Crippen molar-refractivity contribution in [1.29, 1.82) is 0 Å². The molecule has 0 unspecified atom stereocenters. The van der Waals surface area contributed by atoms with Crippen molar-refractivity contribution in [2.75, 3.05) is 0 Å². The molecule has 0 atom stereocenters. The quantitative estimate of drug-likeness (QED) is 0.359. The van der Waals surface area contributed by atoms with Crippen molar-refractivity contribution < 1.29 is 4.92 Å². The number of hydrogen-bond donors (Lipinski definition) is 0. The van der Waals surface area contributed by atoms with E-state index in [0.717, 1.165) is 34.3 Å². The molecule has 0 radical (unpaired) electrons. The van der Waals surface area contributed by atoms with Crippen LogP contribution in [0.15, 0.2) is 78.9 Å². The van der Waals surface area contributed by atoms with E-state index in [1.165, 1.54) is 5.56 Å². The number of benzene rings is 3. The van der Waals surface area contributed by atoms with E-state index in [2.05, 4.69) is 23.6 Å². The van der Waals surface area contributed by atoms with E-state index >= 15 is 0 Å². The minimum atomic E-state index is -0.335. The fourth-order valence-corrected chi connectivity index (χ4v) is 3.52. The van der Waals surface area contributed by atoms with Gasteiger partial charge in [0.15, 0.2) is 0 Å². The number of nitro benzene ring substituents is 1. The van der Waals surface area contributed by atoms with Gasteiger partial charge in [-0.3, -0.25) is 10.1 Å². The Morgan fingerprint density at radius 2 is 1.58 bits per heavy atom. The minimum Gasteiger partial charge on any atom is -0.340 e. The molecule has 0 aliphatic rings. The second kappa shape index (κ2) is 6.48. The molecule has 0 fully saturated rings. The topological polar surface area (TPSA) is 48.1 Å². The summed E-state index contributed by atoms with van der Waals surface area (Å²) in [5.41, 5.74) is 5.56. The van der Waals surface area contributed by atoms with Gasteiger partial charge in [0, 0.05) is 40.8 Å². The smallest absolute Gasteiger partial charge is 0.270 e. The fraction of sp³-hybridized carbons (Fsp3) is 0.0909. The summed E-state index contributed by atoms with van der Waals surface area (Å²) in [5.74, 6) is 0. The van der Waals surface area contributed by atoms with Gasteiger partial charge in [-0.05, 0) is 24.1 Å². The summed E-state index contributed by atoms with van der Waals surface area (Å²) in [5, 5.41) is 12.2. The van der Waals surface area contributed by atoms with Gasteiger partial charge in [0.1, 0.15) is 0 Å². The Bertz CT molecular complexity index is 1080. The van der Waals surface area contributed by atoms with Crippen LogP contribution in [0, 0.1) is 17.0 Å². The number of nitro groups is 1.